The molecule has 1 heterocycles. The zero-order chi connectivity index (χ0) is 25.1. The van der Waals surface area contributed by atoms with Crippen LogP contribution in [-0.2, 0) is 10.8 Å². The summed E-state index contributed by atoms with van der Waals surface area (Å²) in [7, 11) is 0. The summed E-state index contributed by atoms with van der Waals surface area (Å²) in [6.45, 7) is 13.8. The monoisotopic (exact) mass is 683 g/mol. The molecule has 1 aromatic heterocycles. The van der Waals surface area contributed by atoms with Gasteiger partial charge in [0.25, 0.3) is 0 Å². The first-order valence-electron chi connectivity index (χ1n) is 12.1. The number of fused-ring (bicyclic) bond motifs is 3. The van der Waals surface area contributed by atoms with Crippen molar-refractivity contribution in [1.29, 1.82) is 0 Å². The summed E-state index contributed by atoms with van der Waals surface area (Å²) in [4.78, 5) is 0. The van der Waals surface area contributed by atoms with Crippen molar-refractivity contribution in [3.63, 3.8) is 0 Å². The van der Waals surface area contributed by atoms with Gasteiger partial charge in [0.1, 0.15) is 0 Å². The predicted molar refractivity (Wildman–Crippen MR) is 169 cm³/mol. The maximum absolute atomic E-state index is 2.52. The van der Waals surface area contributed by atoms with E-state index >= 15 is 0 Å². The fourth-order valence-electron chi connectivity index (χ4n) is 4.99. The minimum absolute atomic E-state index is 0.0654. The van der Waals surface area contributed by atoms with E-state index in [0.717, 1.165) is 0 Å². The quantitative estimate of drug-likeness (QED) is 0.163. The summed E-state index contributed by atoms with van der Waals surface area (Å²) in [6.07, 6.45) is 0. The molecule has 1 nitrogen and oxygen atoms in total. The Morgan fingerprint density at radius 1 is 0.571 bits per heavy atom. The molecule has 5 rings (SSSR count). The second-order valence-corrected chi connectivity index (χ2v) is 13.7. The Bertz CT molecular complexity index is 1480. The zero-order valence-electron chi connectivity index (χ0n) is 21.2. The zero-order valence-corrected chi connectivity index (χ0v) is 25.5. The molecule has 0 atom stereocenters. The molecule has 0 aliphatic rings. The van der Waals surface area contributed by atoms with Crippen LogP contribution in [0.25, 0.3) is 38.6 Å². The van der Waals surface area contributed by atoms with E-state index in [1.165, 1.54) is 56.9 Å². The Hall–Kier alpha value is -1.86. The fourth-order valence-corrected chi connectivity index (χ4v) is 7.55. The lowest BCUT2D eigenvalue weighted by molar-refractivity contribution is 0.587. The van der Waals surface area contributed by atoms with Crippen molar-refractivity contribution in [1.82, 2.24) is 4.57 Å². The van der Waals surface area contributed by atoms with Crippen molar-refractivity contribution in [3.8, 4) is 16.8 Å². The van der Waals surface area contributed by atoms with Gasteiger partial charge in [-0.2, -0.15) is 0 Å². The van der Waals surface area contributed by atoms with E-state index in [2.05, 4.69) is 170 Å². The minimum atomic E-state index is 0.0654. The second-order valence-electron chi connectivity index (χ2n) is 11.4. The molecule has 178 valence electrons. The molecule has 0 saturated carbocycles. The maximum atomic E-state index is 2.52. The normalized spacial score (nSPS) is 12.6. The lowest BCUT2D eigenvalue weighted by atomic mass is 9.86. The highest BCUT2D eigenvalue weighted by Gasteiger charge is 2.25. The molecule has 0 saturated heterocycles. The third-order valence-corrected chi connectivity index (χ3v) is 8.57. The summed E-state index contributed by atoms with van der Waals surface area (Å²) in [5, 5.41) is 2.64. The lowest BCUT2D eigenvalue weighted by Gasteiger charge is -2.22. The van der Waals surface area contributed by atoms with E-state index in [9.17, 15) is 0 Å². The summed E-state index contributed by atoms with van der Waals surface area (Å²) in [5.41, 5.74) is 9.16. The number of benzene rings is 4. The van der Waals surface area contributed by atoms with Crippen molar-refractivity contribution in [2.75, 3.05) is 0 Å². The smallest absolute Gasteiger partial charge is 0.0545 e. The summed E-state index contributed by atoms with van der Waals surface area (Å²) in [6, 6.07) is 29.2. The van der Waals surface area contributed by atoms with E-state index in [-0.39, 0.29) is 10.8 Å². The molecule has 4 aromatic carbocycles. The number of para-hydroxylation sites is 1. The summed E-state index contributed by atoms with van der Waals surface area (Å²) >= 11 is 5.05. The Morgan fingerprint density at radius 3 is 1.51 bits per heavy atom. The molecule has 0 N–H and O–H groups in total. The molecule has 0 fully saturated rings. The highest BCUT2D eigenvalue weighted by molar-refractivity contribution is 14.1. The topological polar surface area (TPSA) is 4.93 Å². The average Bonchev–Trinajstić information content (AvgIpc) is 3.09. The average molecular weight is 683 g/mol. The first-order valence-corrected chi connectivity index (χ1v) is 14.3. The predicted octanol–water partition coefficient (Wildman–Crippen LogP) is 10.3. The minimum Gasteiger partial charge on any atom is -0.309 e. The van der Waals surface area contributed by atoms with E-state index in [0.29, 0.717) is 0 Å². The van der Waals surface area contributed by atoms with Gasteiger partial charge in [-0.05, 0) is 103 Å². The third-order valence-electron chi connectivity index (χ3n) is 6.79. The van der Waals surface area contributed by atoms with Crippen LogP contribution in [0.2, 0.25) is 0 Å². The van der Waals surface area contributed by atoms with E-state index in [4.69, 9.17) is 0 Å². The Morgan fingerprint density at radius 2 is 1.03 bits per heavy atom. The molecule has 0 aliphatic heterocycles. The molecule has 0 amide bonds. The highest BCUT2D eigenvalue weighted by Crippen LogP contribution is 2.42. The van der Waals surface area contributed by atoms with Crippen LogP contribution >= 0.6 is 45.2 Å². The van der Waals surface area contributed by atoms with Crippen LogP contribution in [-0.4, -0.2) is 4.57 Å². The number of aromatic nitrogens is 1. The van der Waals surface area contributed by atoms with Gasteiger partial charge in [-0.3, -0.25) is 0 Å². The molecule has 0 radical (unpaired) electrons. The molecule has 0 aliphatic carbocycles. The Labute approximate surface area is 236 Å². The van der Waals surface area contributed by atoms with Crippen molar-refractivity contribution < 1.29 is 0 Å². The molecular formula is C32H31I2N. The van der Waals surface area contributed by atoms with Crippen LogP contribution in [0.3, 0.4) is 0 Å². The maximum Gasteiger partial charge on any atom is 0.0545 e. The number of halogens is 2. The van der Waals surface area contributed by atoms with Gasteiger partial charge in [-0.1, -0.05) is 90.1 Å². The van der Waals surface area contributed by atoms with Crippen molar-refractivity contribution in [2.45, 2.75) is 52.4 Å². The molecule has 5 aromatic rings. The number of nitrogens with zero attached hydrogens (tertiary/aromatic N) is 1. The SMILES string of the molecule is CC(C)(C)c1cc2c(cc1I)c1cc(I)c(C(C)(C)C)cc1n2-c1ccccc1-c1ccccc1. The van der Waals surface area contributed by atoms with Crippen LogP contribution in [0.4, 0.5) is 0 Å². The third kappa shape index (κ3) is 4.43. The van der Waals surface area contributed by atoms with E-state index in [1.54, 1.807) is 0 Å². The van der Waals surface area contributed by atoms with Gasteiger partial charge in [-0.25, -0.2) is 0 Å². The van der Waals surface area contributed by atoms with Gasteiger partial charge in [0.05, 0.1) is 16.7 Å². The van der Waals surface area contributed by atoms with Gasteiger partial charge in [0, 0.05) is 23.5 Å². The summed E-state index contributed by atoms with van der Waals surface area (Å²) in [5.74, 6) is 0. The van der Waals surface area contributed by atoms with Gasteiger partial charge < -0.3 is 4.57 Å². The van der Waals surface area contributed by atoms with E-state index in [1.807, 2.05) is 0 Å². The number of rotatable bonds is 2. The van der Waals surface area contributed by atoms with Crippen molar-refractivity contribution in [3.05, 3.63) is 97.1 Å². The Kier molecular flexibility index (Phi) is 6.32. The molecule has 0 bridgehead atoms. The van der Waals surface area contributed by atoms with Crippen LogP contribution in [0.5, 0.6) is 0 Å². The molecule has 0 spiro atoms. The second kappa shape index (κ2) is 8.91. The molecule has 3 heteroatoms. The van der Waals surface area contributed by atoms with Crippen molar-refractivity contribution >= 4 is 67.0 Å². The highest BCUT2D eigenvalue weighted by atomic mass is 127. The van der Waals surface area contributed by atoms with Crippen LogP contribution in [0, 0.1) is 7.14 Å². The Balaban J connectivity index is 1.98. The van der Waals surface area contributed by atoms with Gasteiger partial charge in [-0.15, -0.1) is 0 Å². The first kappa shape index (κ1) is 24.8. The van der Waals surface area contributed by atoms with E-state index < -0.39 is 0 Å². The lowest BCUT2D eigenvalue weighted by Crippen LogP contribution is -2.13. The van der Waals surface area contributed by atoms with Gasteiger partial charge in [0.15, 0.2) is 0 Å². The number of hydrogen-bond donors (Lipinski definition) is 0. The summed E-state index contributed by atoms with van der Waals surface area (Å²) < 4.78 is 5.16. The molecular weight excluding hydrogens is 652 g/mol. The van der Waals surface area contributed by atoms with Crippen LogP contribution < -0.4 is 0 Å². The van der Waals surface area contributed by atoms with Gasteiger partial charge >= 0.3 is 0 Å². The number of hydrogen-bond acceptors (Lipinski definition) is 0. The van der Waals surface area contributed by atoms with Crippen LogP contribution in [0.15, 0.2) is 78.9 Å². The first-order chi connectivity index (χ1) is 16.5. The fraction of sp³-hybridized carbons (Fsp3) is 0.250. The molecule has 0 unspecified atom stereocenters. The van der Waals surface area contributed by atoms with Crippen molar-refractivity contribution in [2.24, 2.45) is 0 Å². The largest absolute Gasteiger partial charge is 0.309 e. The standard InChI is InChI=1S/C32H31I2N/c1-31(2,3)24-18-29-22(16-26(24)33)23-17-27(34)25(32(4,5)6)19-30(23)35(29)28-15-11-10-14-21(28)20-12-8-7-9-13-20/h7-19H,1-6H3. The van der Waals surface area contributed by atoms with Crippen LogP contribution in [0.1, 0.15) is 52.7 Å². The van der Waals surface area contributed by atoms with Gasteiger partial charge in [0.2, 0.25) is 0 Å². The molecule has 35 heavy (non-hydrogen) atoms.